The number of nitrogens with one attached hydrogen (secondary N) is 1. The van der Waals surface area contributed by atoms with Crippen LogP contribution in [-0.4, -0.2) is 20.1 Å². The number of anilines is 2. The van der Waals surface area contributed by atoms with Crippen molar-refractivity contribution in [2.24, 2.45) is 0 Å². The maximum absolute atomic E-state index is 11.1. The molecule has 5 nitrogen and oxygen atoms in total. The highest BCUT2D eigenvalue weighted by molar-refractivity contribution is 6.32. The molecule has 0 saturated heterocycles. The van der Waals surface area contributed by atoms with E-state index in [0.717, 1.165) is 29.0 Å². The summed E-state index contributed by atoms with van der Waals surface area (Å²) in [7, 11) is 3.16. The number of methoxy groups -OCH3 is 2. The fourth-order valence-electron chi connectivity index (χ4n) is 3.60. The van der Waals surface area contributed by atoms with Gasteiger partial charge in [0.25, 0.3) is 0 Å². The monoisotopic (exact) mass is 464 g/mol. The quantitative estimate of drug-likeness (QED) is 0.506. The van der Waals surface area contributed by atoms with Crippen LogP contribution in [0.1, 0.15) is 57.6 Å². The summed E-state index contributed by atoms with van der Waals surface area (Å²) >= 11 is 12.4. The van der Waals surface area contributed by atoms with Crippen molar-refractivity contribution < 1.29 is 14.3 Å². The van der Waals surface area contributed by atoms with Crippen LogP contribution in [-0.2, 0) is 15.6 Å². The minimum atomic E-state index is -0.113. The first kappa shape index (κ1) is 23.6. The van der Waals surface area contributed by atoms with Crippen molar-refractivity contribution in [3.8, 4) is 11.5 Å². The van der Waals surface area contributed by atoms with Crippen molar-refractivity contribution in [1.82, 2.24) is 0 Å². The summed E-state index contributed by atoms with van der Waals surface area (Å²) in [5, 5.41) is 4.23. The minimum Gasteiger partial charge on any atom is -0.495 e. The van der Waals surface area contributed by atoms with Crippen molar-refractivity contribution in [2.75, 3.05) is 25.3 Å². The van der Waals surface area contributed by atoms with E-state index in [1.807, 2.05) is 12.1 Å². The average Bonchev–Trinajstić information content (AvgIpc) is 3.63. The second-order valence-corrected chi connectivity index (χ2v) is 9.72. The molecule has 2 aromatic rings. The molecule has 168 valence electrons. The lowest BCUT2D eigenvalue weighted by Gasteiger charge is -2.16. The van der Waals surface area contributed by atoms with Gasteiger partial charge in [-0.15, -0.1) is 0 Å². The van der Waals surface area contributed by atoms with Gasteiger partial charge < -0.3 is 20.5 Å². The van der Waals surface area contributed by atoms with E-state index in [-0.39, 0.29) is 16.7 Å². The van der Waals surface area contributed by atoms with Crippen molar-refractivity contribution in [2.45, 2.75) is 57.3 Å². The maximum Gasteiger partial charge on any atom is 0.221 e. The molecule has 0 spiro atoms. The highest BCUT2D eigenvalue weighted by atomic mass is 35.5. The van der Waals surface area contributed by atoms with E-state index in [1.165, 1.54) is 19.8 Å². The molecule has 0 unspecified atom stereocenters. The zero-order valence-corrected chi connectivity index (χ0v) is 20.2. The SMILES string of the molecule is COc1cc(Cl)c(C2(C)CC2)cc1N.COc1cc(Cl)c(C2(C)CC2)cc1NC(C)=O. The summed E-state index contributed by atoms with van der Waals surface area (Å²) in [6, 6.07) is 7.44. The Bertz CT molecular complexity index is 999. The van der Waals surface area contributed by atoms with Crippen LogP contribution in [0.4, 0.5) is 11.4 Å². The van der Waals surface area contributed by atoms with E-state index in [0.29, 0.717) is 27.9 Å². The molecule has 2 aliphatic rings. The van der Waals surface area contributed by atoms with Gasteiger partial charge in [-0.1, -0.05) is 37.0 Å². The third-order valence-electron chi connectivity index (χ3n) is 6.22. The Kier molecular flexibility index (Phi) is 6.68. The van der Waals surface area contributed by atoms with Crippen LogP contribution in [0.25, 0.3) is 0 Å². The lowest BCUT2D eigenvalue weighted by Crippen LogP contribution is -2.09. The van der Waals surface area contributed by atoms with E-state index >= 15 is 0 Å². The van der Waals surface area contributed by atoms with Crippen LogP contribution in [0.3, 0.4) is 0 Å². The number of benzene rings is 2. The summed E-state index contributed by atoms with van der Waals surface area (Å²) in [4.78, 5) is 11.1. The number of nitrogens with two attached hydrogens (primary N) is 1. The largest absolute Gasteiger partial charge is 0.495 e. The molecule has 0 atom stereocenters. The van der Waals surface area contributed by atoms with Gasteiger partial charge in [-0.05, 0) is 59.8 Å². The fraction of sp³-hybridized carbons (Fsp3) is 0.458. The number of nitrogen functional groups attached to an aromatic ring is 1. The van der Waals surface area contributed by atoms with Crippen LogP contribution in [0.5, 0.6) is 11.5 Å². The molecule has 1 amide bonds. The Labute approximate surface area is 194 Å². The van der Waals surface area contributed by atoms with Crippen molar-refractivity contribution in [1.29, 1.82) is 0 Å². The second-order valence-electron chi connectivity index (χ2n) is 8.91. The van der Waals surface area contributed by atoms with Gasteiger partial charge in [-0.3, -0.25) is 4.79 Å². The predicted octanol–water partition coefficient (Wildman–Crippen LogP) is 6.34. The average molecular weight is 465 g/mol. The molecule has 0 bridgehead atoms. The van der Waals surface area contributed by atoms with Crippen LogP contribution in [0.15, 0.2) is 24.3 Å². The molecule has 0 heterocycles. The van der Waals surface area contributed by atoms with Crippen molar-refractivity contribution >= 4 is 40.5 Å². The zero-order valence-electron chi connectivity index (χ0n) is 18.7. The molecule has 0 aromatic heterocycles. The Morgan fingerprint density at radius 3 is 1.77 bits per heavy atom. The van der Waals surface area contributed by atoms with Gasteiger partial charge in [0.05, 0.1) is 25.6 Å². The van der Waals surface area contributed by atoms with Gasteiger partial charge in [0.15, 0.2) is 0 Å². The Hall–Kier alpha value is -2.11. The van der Waals surface area contributed by atoms with Gasteiger partial charge in [-0.25, -0.2) is 0 Å². The number of carbonyl (C=O) groups is 1. The third kappa shape index (κ3) is 5.21. The molecule has 2 saturated carbocycles. The van der Waals surface area contributed by atoms with Gasteiger partial charge in [-0.2, -0.15) is 0 Å². The van der Waals surface area contributed by atoms with E-state index < -0.39 is 0 Å². The molecule has 2 aromatic carbocycles. The van der Waals surface area contributed by atoms with Crippen molar-refractivity contribution in [3.05, 3.63) is 45.4 Å². The summed E-state index contributed by atoms with van der Waals surface area (Å²) in [6.45, 7) is 5.87. The number of carbonyl (C=O) groups excluding carboxylic acids is 1. The zero-order chi connectivity index (χ0) is 23.0. The third-order valence-corrected chi connectivity index (χ3v) is 6.85. The molecule has 0 aliphatic heterocycles. The molecular weight excluding hydrogens is 435 g/mol. The fourth-order valence-corrected chi connectivity index (χ4v) is 4.36. The number of amides is 1. The van der Waals surface area contributed by atoms with E-state index in [2.05, 4.69) is 19.2 Å². The molecule has 7 heteroatoms. The molecule has 31 heavy (non-hydrogen) atoms. The molecule has 0 radical (unpaired) electrons. The second kappa shape index (κ2) is 8.79. The van der Waals surface area contributed by atoms with Gasteiger partial charge in [0.2, 0.25) is 5.91 Å². The van der Waals surface area contributed by atoms with E-state index in [1.54, 1.807) is 26.4 Å². The smallest absolute Gasteiger partial charge is 0.221 e. The highest BCUT2D eigenvalue weighted by Crippen LogP contribution is 2.52. The highest BCUT2D eigenvalue weighted by Gasteiger charge is 2.41. The normalized spacial score (nSPS) is 17.1. The number of ether oxygens (including phenoxy) is 2. The van der Waals surface area contributed by atoms with Crippen molar-refractivity contribution in [3.63, 3.8) is 0 Å². The lowest BCUT2D eigenvalue weighted by atomic mass is 9.97. The summed E-state index contributed by atoms with van der Waals surface area (Å²) < 4.78 is 10.3. The first-order valence-corrected chi connectivity index (χ1v) is 11.1. The standard InChI is InChI=1S/C13H16ClNO2.C11H14ClNO/c1-8(16)15-11-6-9(13(2)4-5-13)10(14)7-12(11)17-3;1-11(3-4-11)7-5-9(13)10(14-2)6-8(7)12/h6-7H,4-5H2,1-3H3,(H,15,16);5-6H,3-4,13H2,1-2H3. The van der Waals surface area contributed by atoms with Crippen LogP contribution in [0, 0.1) is 0 Å². The van der Waals surface area contributed by atoms with Gasteiger partial charge >= 0.3 is 0 Å². The van der Waals surface area contributed by atoms with Crippen LogP contribution in [0.2, 0.25) is 10.0 Å². The molecule has 2 aliphatic carbocycles. The van der Waals surface area contributed by atoms with E-state index in [9.17, 15) is 4.79 Å². The lowest BCUT2D eigenvalue weighted by molar-refractivity contribution is -0.114. The Balaban J connectivity index is 0.000000179. The first-order chi connectivity index (χ1) is 14.5. The number of halogens is 2. The summed E-state index contributed by atoms with van der Waals surface area (Å²) in [6.07, 6.45) is 4.66. The topological polar surface area (TPSA) is 73.6 Å². The molecular formula is C24H30Cl2N2O3. The summed E-state index contributed by atoms with van der Waals surface area (Å²) in [5.74, 6) is 1.14. The maximum atomic E-state index is 11.1. The first-order valence-electron chi connectivity index (χ1n) is 10.3. The predicted molar refractivity (Wildman–Crippen MR) is 128 cm³/mol. The summed E-state index contributed by atoms with van der Waals surface area (Å²) in [5.41, 5.74) is 9.84. The van der Waals surface area contributed by atoms with Gasteiger partial charge in [0, 0.05) is 29.1 Å². The van der Waals surface area contributed by atoms with E-state index in [4.69, 9.17) is 38.4 Å². The molecule has 2 fully saturated rings. The van der Waals surface area contributed by atoms with Crippen LogP contribution < -0.4 is 20.5 Å². The Morgan fingerprint density at radius 1 is 0.903 bits per heavy atom. The minimum absolute atomic E-state index is 0.113. The number of hydrogen-bond acceptors (Lipinski definition) is 4. The van der Waals surface area contributed by atoms with Crippen LogP contribution >= 0.6 is 23.2 Å². The molecule has 4 rings (SSSR count). The Morgan fingerprint density at radius 2 is 1.35 bits per heavy atom. The number of hydrogen-bond donors (Lipinski definition) is 2. The molecule has 3 N–H and O–H groups in total. The van der Waals surface area contributed by atoms with Gasteiger partial charge in [0.1, 0.15) is 11.5 Å². The number of rotatable bonds is 5.